The lowest BCUT2D eigenvalue weighted by molar-refractivity contribution is -0.129. The summed E-state index contributed by atoms with van der Waals surface area (Å²) in [6.45, 7) is 3.33. The largest absolute Gasteiger partial charge is 0.472 e. The van der Waals surface area contributed by atoms with Crippen LogP contribution in [0, 0.1) is 0 Å². The molecule has 74 valence electrons. The minimum absolute atomic E-state index is 0.0763. The van der Waals surface area contributed by atoms with Crippen molar-refractivity contribution in [3.8, 4) is 5.75 Å². The smallest absolute Gasteiger partial charge is 0.269 e. The van der Waals surface area contributed by atoms with E-state index in [0.29, 0.717) is 11.6 Å². The molecular formula is C8H8ClN3O2. The highest BCUT2D eigenvalue weighted by atomic mass is 35.5. The molecule has 0 bridgehead atoms. The van der Waals surface area contributed by atoms with E-state index in [2.05, 4.69) is 15.3 Å². The number of rotatable bonds is 0. The number of anilines is 1. The fraction of sp³-hybridized carbons (Fsp3) is 0.375. The zero-order valence-electron chi connectivity index (χ0n) is 7.67. The van der Waals surface area contributed by atoms with Gasteiger partial charge in [-0.25, -0.2) is 4.98 Å². The number of hydrogen-bond acceptors (Lipinski definition) is 4. The van der Waals surface area contributed by atoms with Crippen LogP contribution in [0.4, 0.5) is 5.82 Å². The van der Waals surface area contributed by atoms with Gasteiger partial charge in [0.1, 0.15) is 0 Å². The normalized spacial score (nSPS) is 18.1. The Morgan fingerprint density at radius 3 is 3.00 bits per heavy atom. The van der Waals surface area contributed by atoms with Gasteiger partial charge in [0, 0.05) is 0 Å². The summed E-state index contributed by atoms with van der Waals surface area (Å²) >= 11 is 5.57. The molecule has 2 rings (SSSR count). The number of nitrogens with zero attached hydrogens (tertiary/aromatic N) is 2. The lowest BCUT2D eigenvalue weighted by Gasteiger charge is -2.30. The van der Waals surface area contributed by atoms with Crippen molar-refractivity contribution in [2.75, 3.05) is 5.32 Å². The van der Waals surface area contributed by atoms with E-state index in [0.717, 1.165) is 0 Å². The molecule has 0 aliphatic carbocycles. The summed E-state index contributed by atoms with van der Waals surface area (Å²) in [6.07, 6.45) is 1.44. The summed E-state index contributed by atoms with van der Waals surface area (Å²) in [5, 5.41) is 2.67. The third-order valence-corrected chi connectivity index (χ3v) is 2.05. The van der Waals surface area contributed by atoms with Gasteiger partial charge in [0.25, 0.3) is 5.91 Å². The standard InChI is InChI=1S/C8H8ClN3O2/c1-8(2)6(13)11-5-4(14-8)3-10-7(9)12-5/h3H,1-2H3,(H,10,11,12,13). The molecule has 0 unspecified atom stereocenters. The van der Waals surface area contributed by atoms with Crippen molar-refractivity contribution in [1.29, 1.82) is 0 Å². The molecule has 5 nitrogen and oxygen atoms in total. The van der Waals surface area contributed by atoms with E-state index in [1.54, 1.807) is 13.8 Å². The first kappa shape index (κ1) is 9.21. The summed E-state index contributed by atoms with van der Waals surface area (Å²) in [4.78, 5) is 19.0. The summed E-state index contributed by atoms with van der Waals surface area (Å²) < 4.78 is 5.39. The van der Waals surface area contributed by atoms with E-state index in [9.17, 15) is 4.79 Å². The maximum absolute atomic E-state index is 11.5. The molecule has 14 heavy (non-hydrogen) atoms. The fourth-order valence-corrected chi connectivity index (χ4v) is 1.23. The number of fused-ring (bicyclic) bond motifs is 1. The van der Waals surface area contributed by atoms with Crippen LogP contribution in [0.3, 0.4) is 0 Å². The molecule has 1 aliphatic rings. The third kappa shape index (κ3) is 1.39. The molecule has 1 aromatic heterocycles. The predicted octanol–water partition coefficient (Wildman–Crippen LogP) is 1.24. The average Bonchev–Trinajstić information content (AvgIpc) is 2.08. The Morgan fingerprint density at radius 2 is 2.29 bits per heavy atom. The number of halogens is 1. The lowest BCUT2D eigenvalue weighted by atomic mass is 10.1. The molecule has 0 atom stereocenters. The molecule has 1 N–H and O–H groups in total. The Morgan fingerprint density at radius 1 is 1.57 bits per heavy atom. The molecule has 1 aromatic rings. The van der Waals surface area contributed by atoms with Crippen molar-refractivity contribution in [3.05, 3.63) is 11.5 Å². The van der Waals surface area contributed by atoms with E-state index in [-0.39, 0.29) is 11.2 Å². The quantitative estimate of drug-likeness (QED) is 0.659. The molecule has 0 saturated carbocycles. The molecule has 0 fully saturated rings. The summed E-state index contributed by atoms with van der Waals surface area (Å²) in [5.41, 5.74) is -0.899. The number of aromatic nitrogens is 2. The van der Waals surface area contributed by atoms with Crippen LogP contribution in [-0.2, 0) is 4.79 Å². The summed E-state index contributed by atoms with van der Waals surface area (Å²) in [6, 6.07) is 0. The minimum atomic E-state index is -0.899. The first-order valence-electron chi connectivity index (χ1n) is 4.02. The second kappa shape index (κ2) is 2.81. The zero-order valence-corrected chi connectivity index (χ0v) is 8.42. The van der Waals surface area contributed by atoms with Gasteiger partial charge in [0.15, 0.2) is 17.2 Å². The second-order valence-electron chi connectivity index (χ2n) is 3.42. The molecule has 0 spiro atoms. The van der Waals surface area contributed by atoms with Gasteiger partial charge < -0.3 is 10.1 Å². The topological polar surface area (TPSA) is 64.1 Å². The van der Waals surface area contributed by atoms with Crippen molar-refractivity contribution in [2.45, 2.75) is 19.4 Å². The van der Waals surface area contributed by atoms with Crippen LogP contribution in [-0.4, -0.2) is 21.5 Å². The highest BCUT2D eigenvalue weighted by Crippen LogP contribution is 2.31. The third-order valence-electron chi connectivity index (χ3n) is 1.87. The molecule has 1 amide bonds. The molecule has 0 aromatic carbocycles. The van der Waals surface area contributed by atoms with Crippen LogP contribution in [0.2, 0.25) is 5.28 Å². The summed E-state index contributed by atoms with van der Waals surface area (Å²) in [5.74, 6) is 0.494. The molecule has 0 radical (unpaired) electrons. The first-order valence-corrected chi connectivity index (χ1v) is 4.40. The Balaban J connectivity index is 2.46. The SMILES string of the molecule is CC1(C)Oc2cnc(Cl)nc2NC1=O. The molecule has 2 heterocycles. The van der Waals surface area contributed by atoms with Gasteiger partial charge in [-0.2, -0.15) is 4.98 Å². The number of carbonyl (C=O) groups excluding carboxylic acids is 1. The number of ether oxygens (including phenoxy) is 1. The van der Waals surface area contributed by atoms with Crippen molar-refractivity contribution in [1.82, 2.24) is 9.97 Å². The number of amides is 1. The van der Waals surface area contributed by atoms with E-state index in [1.807, 2.05) is 0 Å². The molecular weight excluding hydrogens is 206 g/mol. The number of nitrogens with one attached hydrogen (secondary N) is 1. The molecule has 0 saturated heterocycles. The van der Waals surface area contributed by atoms with Crippen molar-refractivity contribution in [2.24, 2.45) is 0 Å². The van der Waals surface area contributed by atoms with Gasteiger partial charge in [0.05, 0.1) is 6.20 Å². The fourth-order valence-electron chi connectivity index (χ4n) is 1.09. The predicted molar refractivity (Wildman–Crippen MR) is 50.4 cm³/mol. The monoisotopic (exact) mass is 213 g/mol. The maximum atomic E-state index is 11.5. The Labute approximate surface area is 85.5 Å². The van der Waals surface area contributed by atoms with E-state index < -0.39 is 5.60 Å². The summed E-state index contributed by atoms with van der Waals surface area (Å²) in [7, 11) is 0. The molecule has 6 heteroatoms. The number of carbonyl (C=O) groups is 1. The average molecular weight is 214 g/mol. The van der Waals surface area contributed by atoms with Crippen molar-refractivity contribution < 1.29 is 9.53 Å². The Bertz CT molecular complexity index is 406. The van der Waals surface area contributed by atoms with E-state index in [1.165, 1.54) is 6.20 Å². The number of hydrogen-bond donors (Lipinski definition) is 1. The van der Waals surface area contributed by atoms with E-state index >= 15 is 0 Å². The van der Waals surface area contributed by atoms with Gasteiger partial charge >= 0.3 is 0 Å². The lowest BCUT2D eigenvalue weighted by Crippen LogP contribution is -2.46. The second-order valence-corrected chi connectivity index (χ2v) is 3.76. The Kier molecular flexibility index (Phi) is 1.85. The Hall–Kier alpha value is -1.36. The van der Waals surface area contributed by atoms with Gasteiger partial charge in [-0.1, -0.05) is 0 Å². The maximum Gasteiger partial charge on any atom is 0.269 e. The van der Waals surface area contributed by atoms with Gasteiger partial charge in [0.2, 0.25) is 5.28 Å². The zero-order chi connectivity index (χ0) is 10.3. The van der Waals surface area contributed by atoms with Gasteiger partial charge in [-0.05, 0) is 25.4 Å². The highest BCUT2D eigenvalue weighted by molar-refractivity contribution is 6.28. The van der Waals surface area contributed by atoms with Crippen LogP contribution >= 0.6 is 11.6 Å². The van der Waals surface area contributed by atoms with Crippen LogP contribution in [0.5, 0.6) is 5.75 Å². The van der Waals surface area contributed by atoms with E-state index in [4.69, 9.17) is 16.3 Å². The molecule has 1 aliphatic heterocycles. The van der Waals surface area contributed by atoms with Crippen LogP contribution in [0.1, 0.15) is 13.8 Å². The van der Waals surface area contributed by atoms with Crippen molar-refractivity contribution in [3.63, 3.8) is 0 Å². The van der Waals surface area contributed by atoms with Crippen LogP contribution in [0.15, 0.2) is 6.20 Å². The van der Waals surface area contributed by atoms with Crippen molar-refractivity contribution >= 4 is 23.3 Å². The van der Waals surface area contributed by atoms with Gasteiger partial charge in [-0.15, -0.1) is 0 Å². The van der Waals surface area contributed by atoms with Crippen LogP contribution < -0.4 is 10.1 Å². The first-order chi connectivity index (χ1) is 6.49. The highest BCUT2D eigenvalue weighted by Gasteiger charge is 2.36. The van der Waals surface area contributed by atoms with Crippen LogP contribution in [0.25, 0.3) is 0 Å². The van der Waals surface area contributed by atoms with Gasteiger partial charge in [-0.3, -0.25) is 4.79 Å². The minimum Gasteiger partial charge on any atom is -0.472 e.